The molecular formula is C11H10BrN3O3S. The number of aromatic nitrogens is 2. The van der Waals surface area contributed by atoms with Gasteiger partial charge in [-0.1, -0.05) is 0 Å². The summed E-state index contributed by atoms with van der Waals surface area (Å²) in [5.41, 5.74) is 0. The van der Waals surface area contributed by atoms with Crippen molar-refractivity contribution in [1.82, 2.24) is 14.3 Å². The van der Waals surface area contributed by atoms with Crippen LogP contribution in [0.15, 0.2) is 44.8 Å². The number of rotatable bonds is 3. The highest BCUT2D eigenvalue weighted by atomic mass is 79.9. The molecule has 19 heavy (non-hydrogen) atoms. The van der Waals surface area contributed by atoms with Crippen molar-refractivity contribution in [3.63, 3.8) is 0 Å². The highest BCUT2D eigenvalue weighted by molar-refractivity contribution is 9.10. The standard InChI is InChI=1S/C11H10BrN3O3S/c12-9-4-13-11(14-5-9)8-6-15(7-8)19(16,17)10-2-1-3-18-10/h1-5,8H,6-7H2. The fourth-order valence-electron chi connectivity index (χ4n) is 1.87. The normalized spacial score (nSPS) is 17.3. The molecule has 2 aromatic heterocycles. The monoisotopic (exact) mass is 343 g/mol. The molecule has 0 amide bonds. The molecule has 6 nitrogen and oxygen atoms in total. The summed E-state index contributed by atoms with van der Waals surface area (Å²) in [4.78, 5) is 8.35. The lowest BCUT2D eigenvalue weighted by Gasteiger charge is -2.36. The Labute approximate surface area is 118 Å². The van der Waals surface area contributed by atoms with E-state index in [1.54, 1.807) is 18.5 Å². The molecule has 0 atom stereocenters. The van der Waals surface area contributed by atoms with Gasteiger partial charge in [0.05, 0.1) is 10.7 Å². The maximum atomic E-state index is 12.1. The molecule has 100 valence electrons. The zero-order valence-electron chi connectivity index (χ0n) is 9.73. The number of hydrogen-bond acceptors (Lipinski definition) is 5. The van der Waals surface area contributed by atoms with Crippen molar-refractivity contribution in [3.8, 4) is 0 Å². The average Bonchev–Trinajstić information content (AvgIpc) is 2.83. The van der Waals surface area contributed by atoms with Crippen LogP contribution in [0.1, 0.15) is 11.7 Å². The lowest BCUT2D eigenvalue weighted by molar-refractivity contribution is 0.249. The van der Waals surface area contributed by atoms with Gasteiger partial charge in [-0.05, 0) is 28.1 Å². The lowest BCUT2D eigenvalue weighted by Crippen LogP contribution is -2.48. The van der Waals surface area contributed by atoms with Crippen LogP contribution < -0.4 is 0 Å². The zero-order valence-corrected chi connectivity index (χ0v) is 12.1. The minimum absolute atomic E-state index is 0.0253. The Hall–Kier alpha value is -1.25. The summed E-state index contributed by atoms with van der Waals surface area (Å²) in [5, 5.41) is -0.0253. The molecule has 0 aromatic carbocycles. The summed E-state index contributed by atoms with van der Waals surface area (Å²) < 4.78 is 31.3. The van der Waals surface area contributed by atoms with Crippen LogP contribution >= 0.6 is 15.9 Å². The molecule has 0 N–H and O–H groups in total. The molecule has 3 rings (SSSR count). The van der Waals surface area contributed by atoms with E-state index in [4.69, 9.17) is 4.42 Å². The maximum Gasteiger partial charge on any atom is 0.276 e. The molecule has 1 aliphatic heterocycles. The predicted molar refractivity (Wildman–Crippen MR) is 69.9 cm³/mol. The fraction of sp³-hybridized carbons (Fsp3) is 0.273. The first kappa shape index (κ1) is 12.8. The third kappa shape index (κ3) is 2.31. The van der Waals surface area contributed by atoms with E-state index in [0.29, 0.717) is 18.9 Å². The number of hydrogen-bond donors (Lipinski definition) is 0. The summed E-state index contributed by atoms with van der Waals surface area (Å²) in [6, 6.07) is 3.00. The predicted octanol–water partition coefficient (Wildman–Crippen LogP) is 1.62. The molecule has 0 radical (unpaired) electrons. The van der Waals surface area contributed by atoms with Crippen molar-refractivity contribution in [3.05, 3.63) is 41.1 Å². The SMILES string of the molecule is O=S(=O)(c1ccco1)N1CC(c2ncc(Br)cn2)C1. The van der Waals surface area contributed by atoms with Crippen molar-refractivity contribution < 1.29 is 12.8 Å². The summed E-state index contributed by atoms with van der Waals surface area (Å²) in [6.45, 7) is 0.759. The van der Waals surface area contributed by atoms with E-state index in [0.717, 1.165) is 4.47 Å². The molecule has 1 fully saturated rings. The number of sulfonamides is 1. The minimum atomic E-state index is -3.51. The van der Waals surface area contributed by atoms with E-state index in [9.17, 15) is 8.42 Å². The average molecular weight is 344 g/mol. The molecule has 0 aliphatic carbocycles. The highest BCUT2D eigenvalue weighted by Crippen LogP contribution is 2.30. The van der Waals surface area contributed by atoms with Gasteiger partial charge in [-0.3, -0.25) is 0 Å². The number of halogens is 1. The first-order valence-electron chi connectivity index (χ1n) is 5.58. The van der Waals surface area contributed by atoms with Gasteiger partial charge in [-0.2, -0.15) is 4.31 Å². The smallest absolute Gasteiger partial charge is 0.276 e. The molecule has 0 saturated carbocycles. The van der Waals surface area contributed by atoms with Crippen molar-refractivity contribution >= 4 is 26.0 Å². The van der Waals surface area contributed by atoms with Crippen molar-refractivity contribution in [1.29, 1.82) is 0 Å². The summed E-state index contributed by atoms with van der Waals surface area (Å²) in [5.74, 6) is 0.701. The first-order chi connectivity index (χ1) is 9.07. The quantitative estimate of drug-likeness (QED) is 0.846. The van der Waals surface area contributed by atoms with E-state index >= 15 is 0 Å². The molecule has 2 aromatic rings. The second-order valence-electron chi connectivity index (χ2n) is 4.21. The second-order valence-corrected chi connectivity index (χ2v) is 7.00. The Morgan fingerprint density at radius 1 is 1.32 bits per heavy atom. The molecule has 0 unspecified atom stereocenters. The maximum absolute atomic E-state index is 12.1. The lowest BCUT2D eigenvalue weighted by atomic mass is 10.0. The van der Waals surface area contributed by atoms with Gasteiger partial charge < -0.3 is 4.42 Å². The van der Waals surface area contributed by atoms with E-state index in [-0.39, 0.29) is 11.0 Å². The third-order valence-corrected chi connectivity index (χ3v) is 5.07. The molecule has 8 heteroatoms. The number of nitrogens with zero attached hydrogens (tertiary/aromatic N) is 3. The summed E-state index contributed by atoms with van der Waals surface area (Å²) in [6.07, 6.45) is 4.67. The molecule has 0 spiro atoms. The van der Waals surface area contributed by atoms with Gasteiger partial charge in [0.2, 0.25) is 5.09 Å². The van der Waals surface area contributed by atoms with Gasteiger partial charge >= 0.3 is 0 Å². The molecule has 0 bridgehead atoms. The van der Waals surface area contributed by atoms with Crippen LogP contribution in [0, 0.1) is 0 Å². The van der Waals surface area contributed by atoms with E-state index in [1.165, 1.54) is 16.6 Å². The van der Waals surface area contributed by atoms with Crippen LogP contribution in [0.3, 0.4) is 0 Å². The molecule has 3 heterocycles. The van der Waals surface area contributed by atoms with Gasteiger partial charge in [-0.15, -0.1) is 0 Å². The van der Waals surface area contributed by atoms with Crippen molar-refractivity contribution in [2.24, 2.45) is 0 Å². The third-order valence-electron chi connectivity index (χ3n) is 2.94. The first-order valence-corrected chi connectivity index (χ1v) is 7.82. The van der Waals surface area contributed by atoms with Crippen molar-refractivity contribution in [2.45, 2.75) is 11.0 Å². The minimum Gasteiger partial charge on any atom is -0.452 e. The Morgan fingerprint density at radius 2 is 2.00 bits per heavy atom. The van der Waals surface area contributed by atoms with E-state index in [2.05, 4.69) is 25.9 Å². The Kier molecular flexibility index (Phi) is 3.15. The largest absolute Gasteiger partial charge is 0.452 e. The van der Waals surface area contributed by atoms with E-state index in [1.807, 2.05) is 0 Å². The Bertz CT molecular complexity index is 664. The molecular weight excluding hydrogens is 334 g/mol. The van der Waals surface area contributed by atoms with Crippen LogP contribution in [0.2, 0.25) is 0 Å². The van der Waals surface area contributed by atoms with Gasteiger partial charge in [0, 0.05) is 31.4 Å². The Morgan fingerprint density at radius 3 is 2.58 bits per heavy atom. The van der Waals surface area contributed by atoms with Crippen molar-refractivity contribution in [2.75, 3.05) is 13.1 Å². The second kappa shape index (κ2) is 4.69. The summed E-state index contributed by atoms with van der Waals surface area (Å²) in [7, 11) is -3.51. The summed E-state index contributed by atoms with van der Waals surface area (Å²) >= 11 is 3.26. The topological polar surface area (TPSA) is 76.3 Å². The van der Waals surface area contributed by atoms with Gasteiger partial charge in [-0.25, -0.2) is 18.4 Å². The molecule has 1 saturated heterocycles. The fourth-order valence-corrected chi connectivity index (χ4v) is 3.51. The van der Waals surface area contributed by atoms with Crippen LogP contribution in [-0.4, -0.2) is 35.8 Å². The van der Waals surface area contributed by atoms with Crippen LogP contribution in [0.25, 0.3) is 0 Å². The Balaban J connectivity index is 1.72. The van der Waals surface area contributed by atoms with Gasteiger partial charge in [0.1, 0.15) is 5.82 Å². The van der Waals surface area contributed by atoms with Gasteiger partial charge in [0.15, 0.2) is 0 Å². The number of furan rings is 1. The highest BCUT2D eigenvalue weighted by Gasteiger charge is 2.40. The van der Waals surface area contributed by atoms with Crippen LogP contribution in [0.4, 0.5) is 0 Å². The van der Waals surface area contributed by atoms with Crippen LogP contribution in [0.5, 0.6) is 0 Å². The van der Waals surface area contributed by atoms with E-state index < -0.39 is 10.0 Å². The zero-order chi connectivity index (χ0) is 13.5. The van der Waals surface area contributed by atoms with Crippen LogP contribution in [-0.2, 0) is 10.0 Å². The molecule has 1 aliphatic rings. The van der Waals surface area contributed by atoms with Gasteiger partial charge in [0.25, 0.3) is 10.0 Å².